The third-order valence-electron chi connectivity index (χ3n) is 6.52. The fraction of sp³-hybridized carbons (Fsp3) is 0.360. The molecule has 0 aliphatic carbocycles. The summed E-state index contributed by atoms with van der Waals surface area (Å²) in [5, 5.41) is 11.6. The predicted octanol–water partition coefficient (Wildman–Crippen LogP) is 3.28. The summed E-state index contributed by atoms with van der Waals surface area (Å²) in [6.45, 7) is 6.22. The maximum Gasteiger partial charge on any atom is 0.290 e. The van der Waals surface area contributed by atoms with Gasteiger partial charge in [-0.25, -0.2) is 0 Å². The summed E-state index contributed by atoms with van der Waals surface area (Å²) in [6.07, 6.45) is 0.718. The Morgan fingerprint density at radius 3 is 2.50 bits per heavy atom. The van der Waals surface area contributed by atoms with Crippen LogP contribution in [-0.2, 0) is 4.74 Å². The summed E-state index contributed by atoms with van der Waals surface area (Å²) in [5.74, 6) is -0.281. The molecule has 2 aliphatic rings. The van der Waals surface area contributed by atoms with Crippen LogP contribution in [0.3, 0.4) is 0 Å². The highest BCUT2D eigenvalue weighted by atomic mass is 16.6. The van der Waals surface area contributed by atoms with Crippen LogP contribution in [0.1, 0.15) is 39.7 Å². The molecule has 0 saturated carbocycles. The molecule has 0 unspecified atom stereocenters. The number of morpholine rings is 1. The molecule has 0 radical (unpaired) electrons. The van der Waals surface area contributed by atoms with Crippen molar-refractivity contribution in [2.75, 3.05) is 39.4 Å². The van der Waals surface area contributed by atoms with Crippen LogP contribution in [0, 0.1) is 17.0 Å². The van der Waals surface area contributed by atoms with Crippen molar-refractivity contribution >= 4 is 22.6 Å². The average molecular weight is 463 g/mol. The van der Waals surface area contributed by atoms with Gasteiger partial charge in [0.05, 0.1) is 35.1 Å². The van der Waals surface area contributed by atoms with E-state index in [-0.39, 0.29) is 22.8 Å². The summed E-state index contributed by atoms with van der Waals surface area (Å²) in [6, 6.07) is 10.7. The quantitative estimate of drug-likeness (QED) is 0.408. The highest BCUT2D eigenvalue weighted by molar-refractivity contribution is 5.99. The maximum atomic E-state index is 13.6. The van der Waals surface area contributed by atoms with Gasteiger partial charge in [0, 0.05) is 38.3 Å². The number of non-ortho nitro benzene ring substituents is 1. The second-order valence-electron chi connectivity index (χ2n) is 8.73. The molecule has 0 bridgehead atoms. The molecule has 3 aromatic rings. The van der Waals surface area contributed by atoms with Crippen molar-refractivity contribution in [3.8, 4) is 0 Å². The number of hydrogen-bond acceptors (Lipinski definition) is 7. The molecular formula is C25H25N3O6. The van der Waals surface area contributed by atoms with E-state index < -0.39 is 11.0 Å². The van der Waals surface area contributed by atoms with Crippen LogP contribution in [0.25, 0.3) is 11.0 Å². The van der Waals surface area contributed by atoms with E-state index in [9.17, 15) is 19.7 Å². The second-order valence-corrected chi connectivity index (χ2v) is 8.73. The van der Waals surface area contributed by atoms with Crippen molar-refractivity contribution in [3.63, 3.8) is 0 Å². The molecule has 34 heavy (non-hydrogen) atoms. The normalized spacial score (nSPS) is 18.4. The van der Waals surface area contributed by atoms with Gasteiger partial charge in [0.2, 0.25) is 5.76 Å². The first-order valence-electron chi connectivity index (χ1n) is 11.4. The average Bonchev–Trinajstić information content (AvgIpc) is 3.12. The van der Waals surface area contributed by atoms with Crippen molar-refractivity contribution in [1.82, 2.24) is 9.80 Å². The number of rotatable bonds is 6. The molecule has 0 spiro atoms. The van der Waals surface area contributed by atoms with Gasteiger partial charge in [-0.05, 0) is 43.2 Å². The maximum absolute atomic E-state index is 13.6. The number of nitro benzene ring substituents is 1. The van der Waals surface area contributed by atoms with E-state index in [2.05, 4.69) is 4.90 Å². The molecular weight excluding hydrogens is 438 g/mol. The number of hydrogen-bond donors (Lipinski definition) is 0. The Kier molecular flexibility index (Phi) is 5.89. The number of ether oxygens (including phenoxy) is 1. The summed E-state index contributed by atoms with van der Waals surface area (Å²) < 4.78 is 11.4. The lowest BCUT2D eigenvalue weighted by atomic mass is 9.98. The molecule has 9 heteroatoms. The van der Waals surface area contributed by atoms with E-state index in [0.29, 0.717) is 41.9 Å². The Morgan fingerprint density at radius 2 is 1.79 bits per heavy atom. The van der Waals surface area contributed by atoms with Gasteiger partial charge in [0.1, 0.15) is 5.58 Å². The summed E-state index contributed by atoms with van der Waals surface area (Å²) in [7, 11) is 0. The minimum absolute atomic E-state index is 0.0478. The number of nitrogens with zero attached hydrogens (tertiary/aromatic N) is 3. The minimum Gasteiger partial charge on any atom is -0.450 e. The molecule has 5 rings (SSSR count). The number of aryl methyl sites for hydroxylation is 1. The van der Waals surface area contributed by atoms with E-state index in [0.717, 1.165) is 31.6 Å². The number of fused-ring (bicyclic) bond motifs is 2. The first kappa shape index (κ1) is 22.2. The molecule has 3 heterocycles. The molecule has 0 N–H and O–H groups in total. The van der Waals surface area contributed by atoms with E-state index >= 15 is 0 Å². The van der Waals surface area contributed by atoms with Crippen molar-refractivity contribution < 1.29 is 18.9 Å². The topological polar surface area (TPSA) is 106 Å². The van der Waals surface area contributed by atoms with Crippen molar-refractivity contribution in [3.05, 3.63) is 85.3 Å². The number of nitro groups is 1. The molecule has 1 amide bonds. The molecule has 1 fully saturated rings. The van der Waals surface area contributed by atoms with Gasteiger partial charge in [-0.2, -0.15) is 0 Å². The van der Waals surface area contributed by atoms with Gasteiger partial charge in [-0.1, -0.05) is 11.6 Å². The van der Waals surface area contributed by atoms with Gasteiger partial charge in [-0.3, -0.25) is 24.6 Å². The zero-order valence-electron chi connectivity index (χ0n) is 18.9. The summed E-state index contributed by atoms with van der Waals surface area (Å²) >= 11 is 0. The molecule has 176 valence electrons. The zero-order valence-corrected chi connectivity index (χ0v) is 18.9. The van der Waals surface area contributed by atoms with Gasteiger partial charge in [-0.15, -0.1) is 0 Å². The predicted molar refractivity (Wildman–Crippen MR) is 125 cm³/mol. The van der Waals surface area contributed by atoms with Crippen LogP contribution in [-0.4, -0.2) is 60.0 Å². The van der Waals surface area contributed by atoms with Crippen molar-refractivity contribution in [2.24, 2.45) is 0 Å². The Morgan fingerprint density at radius 1 is 1.06 bits per heavy atom. The summed E-state index contributed by atoms with van der Waals surface area (Å²) in [5.41, 5.74) is 1.94. The molecule has 2 aliphatic heterocycles. The third kappa shape index (κ3) is 3.97. The monoisotopic (exact) mass is 463 g/mol. The fourth-order valence-electron chi connectivity index (χ4n) is 4.78. The van der Waals surface area contributed by atoms with Crippen molar-refractivity contribution in [1.29, 1.82) is 0 Å². The van der Waals surface area contributed by atoms with E-state index in [4.69, 9.17) is 9.15 Å². The number of amides is 1. The lowest BCUT2D eigenvalue weighted by Crippen LogP contribution is -2.38. The summed E-state index contributed by atoms with van der Waals surface area (Å²) in [4.78, 5) is 41.6. The number of benzene rings is 2. The highest BCUT2D eigenvalue weighted by Crippen LogP contribution is 2.38. The van der Waals surface area contributed by atoms with Gasteiger partial charge >= 0.3 is 0 Å². The fourth-order valence-corrected chi connectivity index (χ4v) is 4.78. The Hall–Kier alpha value is -3.56. The first-order chi connectivity index (χ1) is 16.4. The Labute approximate surface area is 195 Å². The smallest absolute Gasteiger partial charge is 0.290 e. The second kappa shape index (κ2) is 9.00. The lowest BCUT2D eigenvalue weighted by Gasteiger charge is -2.29. The molecule has 2 aromatic carbocycles. The third-order valence-corrected chi connectivity index (χ3v) is 6.52. The van der Waals surface area contributed by atoms with E-state index in [1.54, 1.807) is 29.2 Å². The lowest BCUT2D eigenvalue weighted by molar-refractivity contribution is -0.384. The largest absolute Gasteiger partial charge is 0.450 e. The van der Waals surface area contributed by atoms with Gasteiger partial charge < -0.3 is 14.1 Å². The molecule has 1 saturated heterocycles. The standard InChI is InChI=1S/C25H25N3O6/c1-16-3-8-20-19(15-16)23(29)21-22(17-4-6-18(7-5-17)28(31)32)27(25(30)24(21)34-20)10-2-9-26-11-13-33-14-12-26/h3-8,15,22H,2,9-14H2,1H3/t22-/m1/s1. The van der Waals surface area contributed by atoms with Crippen molar-refractivity contribution in [2.45, 2.75) is 19.4 Å². The van der Waals surface area contributed by atoms with Crippen LogP contribution in [0.5, 0.6) is 0 Å². The highest BCUT2D eigenvalue weighted by Gasteiger charge is 2.42. The van der Waals surface area contributed by atoms with Gasteiger partial charge in [0.15, 0.2) is 5.43 Å². The van der Waals surface area contributed by atoms with E-state index in [1.807, 2.05) is 13.0 Å². The van der Waals surface area contributed by atoms with Crippen LogP contribution in [0.15, 0.2) is 51.7 Å². The number of carbonyl (C=O) groups excluding carboxylic acids is 1. The molecule has 1 atom stereocenters. The Balaban J connectivity index is 1.54. The zero-order chi connectivity index (χ0) is 23.8. The Bertz CT molecular complexity index is 1310. The van der Waals surface area contributed by atoms with Crippen LogP contribution in [0.4, 0.5) is 5.69 Å². The van der Waals surface area contributed by atoms with E-state index in [1.165, 1.54) is 12.1 Å². The molecule has 1 aromatic heterocycles. The minimum atomic E-state index is -0.658. The van der Waals surface area contributed by atoms with Crippen LogP contribution < -0.4 is 5.43 Å². The molecule has 9 nitrogen and oxygen atoms in total. The first-order valence-corrected chi connectivity index (χ1v) is 11.4. The van der Waals surface area contributed by atoms with Crippen LogP contribution >= 0.6 is 0 Å². The van der Waals surface area contributed by atoms with Crippen LogP contribution in [0.2, 0.25) is 0 Å². The SMILES string of the molecule is Cc1ccc2oc3c(c(=O)c2c1)[C@@H](c1ccc([N+](=O)[O-])cc1)N(CCCN1CCOCC1)C3=O. The van der Waals surface area contributed by atoms with Gasteiger partial charge in [0.25, 0.3) is 11.6 Å². The number of carbonyl (C=O) groups is 1.